The van der Waals surface area contributed by atoms with Crippen LogP contribution in [0.15, 0.2) is 44.0 Å². The van der Waals surface area contributed by atoms with E-state index >= 15 is 0 Å². The van der Waals surface area contributed by atoms with Crippen LogP contribution in [0.2, 0.25) is 0 Å². The van der Waals surface area contributed by atoms with Crippen molar-refractivity contribution in [3.05, 3.63) is 55.7 Å². The summed E-state index contributed by atoms with van der Waals surface area (Å²) in [6, 6.07) is 3.27. The molecule has 0 aliphatic rings. The molecule has 152 valence electrons. The van der Waals surface area contributed by atoms with Crippen LogP contribution in [0.5, 0.6) is 11.5 Å². The number of phenols is 1. The fourth-order valence-electron chi connectivity index (χ4n) is 2.83. The Kier molecular flexibility index (Phi) is 5.59. The fraction of sp³-hybridized carbons (Fsp3) is 0.222. The molecule has 0 unspecified atom stereocenters. The number of hydrogen-bond acceptors (Lipinski definition) is 7. The Morgan fingerprint density at radius 3 is 2.72 bits per heavy atom. The van der Waals surface area contributed by atoms with Crippen LogP contribution in [0.1, 0.15) is 5.56 Å². The summed E-state index contributed by atoms with van der Waals surface area (Å²) in [4.78, 5) is 29.1. The number of ether oxygens (including phenoxy) is 1. The van der Waals surface area contributed by atoms with E-state index in [0.29, 0.717) is 22.3 Å². The smallest absolute Gasteiger partial charge is 0.332 e. The Labute approximate surface area is 173 Å². The molecule has 0 bridgehead atoms. The quantitative estimate of drug-likeness (QED) is 0.326. The van der Waals surface area contributed by atoms with Gasteiger partial charge in [0.25, 0.3) is 5.56 Å². The number of imidazole rings is 1. The van der Waals surface area contributed by atoms with Crippen LogP contribution in [0.25, 0.3) is 11.2 Å². The molecule has 0 saturated heterocycles. The van der Waals surface area contributed by atoms with Crippen molar-refractivity contribution < 1.29 is 9.84 Å². The van der Waals surface area contributed by atoms with Gasteiger partial charge in [0, 0.05) is 20.6 Å². The van der Waals surface area contributed by atoms with Crippen LogP contribution in [-0.4, -0.2) is 37.1 Å². The van der Waals surface area contributed by atoms with E-state index in [9.17, 15) is 14.7 Å². The second-order valence-corrected chi connectivity index (χ2v) is 6.99. The third-order valence-electron chi connectivity index (χ3n) is 4.31. The second-order valence-electron chi connectivity index (χ2n) is 6.14. The number of hydrazone groups is 1. The molecule has 2 heterocycles. The van der Waals surface area contributed by atoms with E-state index in [-0.39, 0.29) is 22.9 Å². The minimum absolute atomic E-state index is 0.0119. The monoisotopic (exact) mass is 462 g/mol. The predicted octanol–water partition coefficient (Wildman–Crippen LogP) is 1.54. The van der Waals surface area contributed by atoms with Crippen LogP contribution in [0.3, 0.4) is 0 Å². The van der Waals surface area contributed by atoms with Gasteiger partial charge in [-0.15, -0.1) is 6.58 Å². The van der Waals surface area contributed by atoms with Crippen molar-refractivity contribution in [3.63, 3.8) is 0 Å². The zero-order valence-corrected chi connectivity index (χ0v) is 17.6. The van der Waals surface area contributed by atoms with Crippen LogP contribution in [-0.2, 0) is 20.6 Å². The number of aromatic nitrogens is 4. The molecule has 29 heavy (non-hydrogen) atoms. The summed E-state index contributed by atoms with van der Waals surface area (Å²) in [6.45, 7) is 4.00. The molecule has 3 aromatic rings. The Bertz CT molecular complexity index is 1250. The van der Waals surface area contributed by atoms with Crippen molar-refractivity contribution in [2.24, 2.45) is 19.2 Å². The Balaban J connectivity index is 2.05. The molecule has 2 N–H and O–H groups in total. The van der Waals surface area contributed by atoms with Crippen molar-refractivity contribution >= 4 is 39.3 Å². The number of nitrogens with zero attached hydrogens (tertiary/aromatic N) is 5. The first-order chi connectivity index (χ1) is 13.8. The normalized spacial score (nSPS) is 11.3. The standard InChI is InChI=1S/C18H19BrN6O4/c1-5-6-25-13-15(23(2)18(28)24(3)16(13)27)21-17(25)22-20-9-10-7-11(19)14(26)12(8-10)29-4/h5,7-9,26H,1,6H2,2-4H3,(H,21,22). The maximum atomic E-state index is 12.6. The van der Waals surface area contributed by atoms with Gasteiger partial charge in [-0.1, -0.05) is 6.08 Å². The molecule has 0 radical (unpaired) electrons. The maximum Gasteiger partial charge on any atom is 0.332 e. The highest BCUT2D eigenvalue weighted by Gasteiger charge is 2.18. The lowest BCUT2D eigenvalue weighted by Crippen LogP contribution is -2.37. The number of allylic oxidation sites excluding steroid dienone is 1. The molecule has 0 amide bonds. The molecule has 0 spiro atoms. The van der Waals surface area contributed by atoms with E-state index in [1.54, 1.807) is 29.8 Å². The van der Waals surface area contributed by atoms with Gasteiger partial charge in [-0.3, -0.25) is 18.5 Å². The zero-order valence-electron chi connectivity index (χ0n) is 16.0. The van der Waals surface area contributed by atoms with E-state index in [0.717, 1.165) is 4.57 Å². The molecular formula is C18H19BrN6O4. The number of aromatic hydroxyl groups is 1. The minimum Gasteiger partial charge on any atom is -0.503 e. The molecule has 1 aromatic carbocycles. The number of benzene rings is 1. The van der Waals surface area contributed by atoms with Crippen molar-refractivity contribution in [1.29, 1.82) is 0 Å². The first-order valence-corrected chi connectivity index (χ1v) is 9.22. The summed E-state index contributed by atoms with van der Waals surface area (Å²) < 4.78 is 9.48. The van der Waals surface area contributed by atoms with Crippen LogP contribution >= 0.6 is 15.9 Å². The van der Waals surface area contributed by atoms with Gasteiger partial charge in [-0.05, 0) is 33.6 Å². The molecule has 0 aliphatic carbocycles. The van der Waals surface area contributed by atoms with Gasteiger partial charge in [-0.25, -0.2) is 10.2 Å². The molecule has 0 aliphatic heterocycles. The maximum absolute atomic E-state index is 12.6. The van der Waals surface area contributed by atoms with E-state index in [1.807, 2.05) is 0 Å². The second kappa shape index (κ2) is 7.95. The van der Waals surface area contributed by atoms with Crippen LogP contribution in [0, 0.1) is 0 Å². The van der Waals surface area contributed by atoms with Gasteiger partial charge >= 0.3 is 5.69 Å². The Hall–Kier alpha value is -3.34. The van der Waals surface area contributed by atoms with E-state index < -0.39 is 11.2 Å². The molecule has 0 fully saturated rings. The van der Waals surface area contributed by atoms with Crippen molar-refractivity contribution in [1.82, 2.24) is 18.7 Å². The van der Waals surface area contributed by atoms with Crippen molar-refractivity contribution in [2.75, 3.05) is 12.5 Å². The average Bonchev–Trinajstić information content (AvgIpc) is 3.06. The number of anilines is 1. The molecule has 0 atom stereocenters. The van der Waals surface area contributed by atoms with Crippen LogP contribution in [0.4, 0.5) is 5.95 Å². The third-order valence-corrected chi connectivity index (χ3v) is 4.91. The molecule has 3 rings (SSSR count). The van der Waals surface area contributed by atoms with E-state index in [2.05, 4.69) is 38.0 Å². The average molecular weight is 463 g/mol. The van der Waals surface area contributed by atoms with Gasteiger partial charge in [0.1, 0.15) is 0 Å². The van der Waals surface area contributed by atoms with Gasteiger partial charge in [0.05, 0.1) is 17.8 Å². The molecule has 2 aromatic heterocycles. The van der Waals surface area contributed by atoms with Crippen molar-refractivity contribution in [2.45, 2.75) is 6.54 Å². The predicted molar refractivity (Wildman–Crippen MR) is 114 cm³/mol. The van der Waals surface area contributed by atoms with Gasteiger partial charge in [0.15, 0.2) is 22.7 Å². The van der Waals surface area contributed by atoms with Crippen molar-refractivity contribution in [3.8, 4) is 11.5 Å². The topological polar surface area (TPSA) is 116 Å². The summed E-state index contributed by atoms with van der Waals surface area (Å²) in [5, 5.41) is 14.0. The Morgan fingerprint density at radius 2 is 2.07 bits per heavy atom. The fourth-order valence-corrected chi connectivity index (χ4v) is 3.29. The number of aryl methyl sites for hydroxylation is 1. The first kappa shape index (κ1) is 20.4. The number of fused-ring (bicyclic) bond motifs is 1. The number of hydrogen-bond donors (Lipinski definition) is 2. The SMILES string of the molecule is C=CCn1c(NN=Cc2cc(Br)c(O)c(OC)c2)nc2c1c(=O)n(C)c(=O)n2C. The first-order valence-electron chi connectivity index (χ1n) is 8.42. The lowest BCUT2D eigenvalue weighted by atomic mass is 10.2. The summed E-state index contributed by atoms with van der Waals surface area (Å²) in [7, 11) is 4.41. The lowest BCUT2D eigenvalue weighted by molar-refractivity contribution is 0.372. The number of phenolic OH excluding ortho intramolecular Hbond substituents is 1. The van der Waals surface area contributed by atoms with Crippen LogP contribution < -0.4 is 21.4 Å². The minimum atomic E-state index is -0.471. The lowest BCUT2D eigenvalue weighted by Gasteiger charge is -2.07. The van der Waals surface area contributed by atoms with Gasteiger partial charge < -0.3 is 9.84 Å². The molecule has 11 heteroatoms. The summed E-state index contributed by atoms with van der Waals surface area (Å²) in [5.41, 5.74) is 3.02. The number of nitrogens with one attached hydrogen (secondary N) is 1. The number of methoxy groups -OCH3 is 1. The molecule has 0 saturated carbocycles. The number of halogens is 1. The number of rotatable bonds is 6. The molecule has 10 nitrogen and oxygen atoms in total. The summed E-state index contributed by atoms with van der Waals surface area (Å²) in [6.07, 6.45) is 3.12. The van der Waals surface area contributed by atoms with E-state index in [1.165, 1.54) is 24.9 Å². The highest BCUT2D eigenvalue weighted by Crippen LogP contribution is 2.34. The van der Waals surface area contributed by atoms with Gasteiger partial charge in [0.2, 0.25) is 5.95 Å². The van der Waals surface area contributed by atoms with Gasteiger partial charge in [-0.2, -0.15) is 10.1 Å². The third kappa shape index (κ3) is 3.56. The Morgan fingerprint density at radius 1 is 1.34 bits per heavy atom. The largest absolute Gasteiger partial charge is 0.503 e. The molecular weight excluding hydrogens is 444 g/mol. The highest BCUT2D eigenvalue weighted by molar-refractivity contribution is 9.10. The summed E-state index contributed by atoms with van der Waals surface area (Å²) >= 11 is 3.25. The zero-order chi connectivity index (χ0) is 21.3. The highest BCUT2D eigenvalue weighted by atomic mass is 79.9. The summed E-state index contributed by atoms with van der Waals surface area (Å²) in [5.74, 6) is 0.555. The van der Waals surface area contributed by atoms with E-state index in [4.69, 9.17) is 4.74 Å².